The minimum absolute atomic E-state index is 0.214. The van der Waals surface area contributed by atoms with Crippen molar-refractivity contribution in [2.45, 2.75) is 45.3 Å². The van der Waals surface area contributed by atoms with E-state index in [9.17, 15) is 4.79 Å². The summed E-state index contributed by atoms with van der Waals surface area (Å²) in [4.78, 5) is 15.0. The van der Waals surface area contributed by atoms with Crippen LogP contribution in [0.15, 0.2) is 40.9 Å². The largest absolute Gasteiger partial charge is 0.496 e. The Morgan fingerprint density at radius 3 is 2.43 bits per heavy atom. The minimum Gasteiger partial charge on any atom is -0.496 e. The number of halogens is 1. The van der Waals surface area contributed by atoms with Crippen LogP contribution in [0.2, 0.25) is 0 Å². The van der Waals surface area contributed by atoms with Gasteiger partial charge in [-0.1, -0.05) is 34.1 Å². The Hall–Kier alpha value is -2.21. The fraction of sp³-hybridized carbons (Fsp3) is 0.409. The average molecular weight is 448 g/mol. The average Bonchev–Trinajstić information content (AvgIpc) is 2.64. The molecule has 2 aromatic rings. The van der Waals surface area contributed by atoms with Gasteiger partial charge in [0.15, 0.2) is 0 Å². The van der Waals surface area contributed by atoms with Gasteiger partial charge in [0.2, 0.25) is 0 Å². The van der Waals surface area contributed by atoms with E-state index >= 15 is 0 Å². The molecule has 0 bridgehead atoms. The summed E-state index contributed by atoms with van der Waals surface area (Å²) in [6, 6.07) is 11.5. The Labute approximate surface area is 174 Å². The van der Waals surface area contributed by atoms with Gasteiger partial charge in [-0.05, 0) is 57.4 Å². The lowest BCUT2D eigenvalue weighted by Gasteiger charge is -2.39. The van der Waals surface area contributed by atoms with Crippen LogP contribution >= 0.6 is 15.9 Å². The number of methoxy groups -OCH3 is 2. The molecule has 6 heteroatoms. The van der Waals surface area contributed by atoms with Crippen LogP contribution in [0, 0.1) is 0 Å². The molecule has 5 nitrogen and oxygen atoms in total. The number of nitrogens with zero attached hydrogens (tertiary/aromatic N) is 1. The number of carbonyl (C=O) groups excluding carboxylic acids is 1. The summed E-state index contributed by atoms with van der Waals surface area (Å²) in [5.41, 5.74) is 2.14. The monoisotopic (exact) mass is 447 g/mol. The molecule has 2 aromatic carbocycles. The zero-order valence-corrected chi connectivity index (χ0v) is 18.5. The molecule has 0 fully saturated rings. The van der Waals surface area contributed by atoms with Gasteiger partial charge in [-0.25, -0.2) is 4.79 Å². The van der Waals surface area contributed by atoms with E-state index in [1.54, 1.807) is 19.1 Å². The molecule has 0 radical (unpaired) electrons. The van der Waals surface area contributed by atoms with Gasteiger partial charge in [-0.3, -0.25) is 4.90 Å². The number of carbonyl (C=O) groups is 1. The first-order valence-corrected chi connectivity index (χ1v) is 10.1. The van der Waals surface area contributed by atoms with Crippen LogP contribution in [0.4, 0.5) is 10.5 Å². The first-order valence-electron chi connectivity index (χ1n) is 9.26. The standard InChI is InChI=1S/C22H26BrNO4/c1-22(2,3)28-21(25)24-17(16-8-6-7-9-18(16)26-4)11-10-14-12-15(23)13-19(27-5)20(14)24/h6-9,12-13,17H,10-11H2,1-5H3. The molecular formula is C22H26BrNO4. The quantitative estimate of drug-likeness (QED) is 0.587. The first kappa shape index (κ1) is 20.5. The van der Waals surface area contributed by atoms with E-state index in [-0.39, 0.29) is 6.04 Å². The second kappa shape index (κ2) is 8.03. The third kappa shape index (κ3) is 4.12. The van der Waals surface area contributed by atoms with Crippen molar-refractivity contribution < 1.29 is 19.0 Å². The van der Waals surface area contributed by atoms with Gasteiger partial charge in [0, 0.05) is 10.0 Å². The maximum Gasteiger partial charge on any atom is 0.415 e. The fourth-order valence-electron chi connectivity index (χ4n) is 3.59. The van der Waals surface area contributed by atoms with E-state index in [0.29, 0.717) is 5.75 Å². The molecule has 0 spiro atoms. The zero-order valence-electron chi connectivity index (χ0n) is 16.9. The van der Waals surface area contributed by atoms with Crippen molar-refractivity contribution in [3.05, 3.63) is 52.0 Å². The first-order chi connectivity index (χ1) is 13.2. The summed E-state index contributed by atoms with van der Waals surface area (Å²) in [5.74, 6) is 1.38. The van der Waals surface area contributed by atoms with Crippen molar-refractivity contribution in [1.29, 1.82) is 0 Å². The van der Waals surface area contributed by atoms with Gasteiger partial charge in [0.25, 0.3) is 0 Å². The number of aryl methyl sites for hydroxylation is 1. The topological polar surface area (TPSA) is 48.0 Å². The highest BCUT2D eigenvalue weighted by Gasteiger charge is 2.38. The van der Waals surface area contributed by atoms with E-state index < -0.39 is 11.7 Å². The molecular weight excluding hydrogens is 422 g/mol. The molecule has 0 aromatic heterocycles. The van der Waals surface area contributed by atoms with Gasteiger partial charge >= 0.3 is 6.09 Å². The van der Waals surface area contributed by atoms with Crippen LogP contribution < -0.4 is 14.4 Å². The van der Waals surface area contributed by atoms with Crippen molar-refractivity contribution in [2.24, 2.45) is 0 Å². The van der Waals surface area contributed by atoms with Gasteiger partial charge in [0.1, 0.15) is 17.1 Å². The molecule has 0 saturated carbocycles. The molecule has 1 amide bonds. The lowest BCUT2D eigenvalue weighted by Crippen LogP contribution is -2.42. The Balaban J connectivity index is 2.17. The van der Waals surface area contributed by atoms with Crippen molar-refractivity contribution in [1.82, 2.24) is 0 Å². The Morgan fingerprint density at radius 2 is 1.79 bits per heavy atom. The molecule has 150 valence electrons. The van der Waals surface area contributed by atoms with Gasteiger partial charge in [-0.2, -0.15) is 0 Å². The van der Waals surface area contributed by atoms with Crippen LogP contribution in [-0.2, 0) is 11.2 Å². The number of amides is 1. The van der Waals surface area contributed by atoms with Crippen LogP contribution in [-0.4, -0.2) is 25.9 Å². The molecule has 1 heterocycles. The number of anilines is 1. The maximum atomic E-state index is 13.3. The number of hydrogen-bond donors (Lipinski definition) is 0. The fourth-order valence-corrected chi connectivity index (χ4v) is 4.08. The third-order valence-electron chi connectivity index (χ3n) is 4.67. The lowest BCUT2D eigenvalue weighted by molar-refractivity contribution is 0.0558. The highest BCUT2D eigenvalue weighted by molar-refractivity contribution is 9.10. The normalized spacial score (nSPS) is 16.4. The molecule has 0 N–H and O–H groups in total. The van der Waals surface area contributed by atoms with Crippen LogP contribution in [0.3, 0.4) is 0 Å². The summed E-state index contributed by atoms with van der Waals surface area (Å²) >= 11 is 3.54. The predicted octanol–water partition coefficient (Wildman–Crippen LogP) is 5.90. The maximum absolute atomic E-state index is 13.3. The second-order valence-electron chi connectivity index (χ2n) is 7.76. The summed E-state index contributed by atoms with van der Waals surface area (Å²) in [6.07, 6.45) is 1.17. The highest BCUT2D eigenvalue weighted by atomic mass is 79.9. The van der Waals surface area contributed by atoms with E-state index in [2.05, 4.69) is 15.9 Å². The molecule has 28 heavy (non-hydrogen) atoms. The van der Waals surface area contributed by atoms with E-state index in [1.165, 1.54) is 0 Å². The number of benzene rings is 2. The van der Waals surface area contributed by atoms with Gasteiger partial charge in [-0.15, -0.1) is 0 Å². The molecule has 1 aliphatic heterocycles. The number of hydrogen-bond acceptors (Lipinski definition) is 4. The number of fused-ring (bicyclic) bond motifs is 1. The van der Waals surface area contributed by atoms with Crippen molar-refractivity contribution in [3.8, 4) is 11.5 Å². The highest BCUT2D eigenvalue weighted by Crippen LogP contribution is 2.47. The SMILES string of the molecule is COc1ccccc1C1CCc2cc(Br)cc(OC)c2N1C(=O)OC(C)(C)C. The Kier molecular flexibility index (Phi) is 5.89. The number of ether oxygens (including phenoxy) is 3. The molecule has 1 aliphatic rings. The second-order valence-corrected chi connectivity index (χ2v) is 8.68. The van der Waals surface area contributed by atoms with E-state index in [4.69, 9.17) is 14.2 Å². The predicted molar refractivity (Wildman–Crippen MR) is 113 cm³/mol. The smallest absolute Gasteiger partial charge is 0.415 e. The lowest BCUT2D eigenvalue weighted by atomic mass is 9.90. The van der Waals surface area contributed by atoms with Crippen LogP contribution in [0.25, 0.3) is 0 Å². The summed E-state index contributed by atoms with van der Waals surface area (Å²) < 4.78 is 17.9. The Morgan fingerprint density at radius 1 is 1.11 bits per heavy atom. The molecule has 0 saturated heterocycles. The molecule has 0 aliphatic carbocycles. The Bertz CT molecular complexity index is 858. The zero-order chi connectivity index (χ0) is 20.5. The van der Waals surface area contributed by atoms with Gasteiger partial charge < -0.3 is 14.2 Å². The van der Waals surface area contributed by atoms with Crippen LogP contribution in [0.1, 0.15) is 44.4 Å². The van der Waals surface area contributed by atoms with Crippen molar-refractivity contribution in [3.63, 3.8) is 0 Å². The molecule has 1 unspecified atom stereocenters. The van der Waals surface area contributed by atoms with E-state index in [0.717, 1.165) is 39.9 Å². The number of rotatable bonds is 3. The van der Waals surface area contributed by atoms with Crippen molar-refractivity contribution >= 4 is 27.7 Å². The molecule has 1 atom stereocenters. The minimum atomic E-state index is -0.609. The van der Waals surface area contributed by atoms with Crippen LogP contribution in [0.5, 0.6) is 11.5 Å². The summed E-state index contributed by atoms with van der Waals surface area (Å²) in [5, 5.41) is 0. The third-order valence-corrected chi connectivity index (χ3v) is 5.12. The van der Waals surface area contributed by atoms with E-state index in [1.807, 2.05) is 57.2 Å². The molecule has 3 rings (SSSR count). The summed E-state index contributed by atoms with van der Waals surface area (Å²) in [6.45, 7) is 5.60. The van der Waals surface area contributed by atoms with Gasteiger partial charge in [0.05, 0.1) is 25.9 Å². The number of para-hydroxylation sites is 1. The van der Waals surface area contributed by atoms with Crippen molar-refractivity contribution in [2.75, 3.05) is 19.1 Å². The summed E-state index contributed by atoms with van der Waals surface area (Å²) in [7, 11) is 3.26.